The summed E-state index contributed by atoms with van der Waals surface area (Å²) in [6, 6.07) is 0. The Morgan fingerprint density at radius 3 is 2.69 bits per heavy atom. The zero-order valence-corrected chi connectivity index (χ0v) is 17.4. The highest BCUT2D eigenvalue weighted by Gasteiger charge is 2.48. The molecule has 0 unspecified atom stereocenters. The molecule has 29 heavy (non-hydrogen) atoms. The monoisotopic (exact) mass is 404 g/mol. The number of ether oxygens (including phenoxy) is 2. The highest BCUT2D eigenvalue weighted by molar-refractivity contribution is 5.81. The van der Waals surface area contributed by atoms with Crippen molar-refractivity contribution in [3.63, 3.8) is 0 Å². The molecule has 1 atom stereocenters. The zero-order valence-electron chi connectivity index (χ0n) is 17.4. The maximum absolute atomic E-state index is 12.9. The van der Waals surface area contributed by atoms with Crippen molar-refractivity contribution in [1.82, 2.24) is 19.8 Å². The molecule has 1 spiro atoms. The summed E-state index contributed by atoms with van der Waals surface area (Å²) in [6.07, 6.45) is 6.09. The summed E-state index contributed by atoms with van der Waals surface area (Å²) in [6.45, 7) is 7.85. The number of carbonyl (C=O) groups excluding carboxylic acids is 2. The van der Waals surface area contributed by atoms with E-state index in [1.54, 1.807) is 6.20 Å². The quantitative estimate of drug-likeness (QED) is 0.818. The second kappa shape index (κ2) is 8.44. The molecule has 1 aromatic rings. The van der Waals surface area contributed by atoms with Crippen molar-refractivity contribution in [2.75, 3.05) is 32.8 Å². The van der Waals surface area contributed by atoms with E-state index in [1.807, 2.05) is 15.7 Å². The molecule has 160 valence electrons. The van der Waals surface area contributed by atoms with Gasteiger partial charge < -0.3 is 24.3 Å². The molecule has 8 heteroatoms. The number of aromatic nitrogens is 2. The third-order valence-electron chi connectivity index (χ3n) is 6.28. The molecular formula is C21H32N4O4. The number of amides is 2. The molecule has 2 fully saturated rings. The van der Waals surface area contributed by atoms with Crippen molar-refractivity contribution in [2.24, 2.45) is 11.8 Å². The number of nitrogens with zero attached hydrogens (tertiary/aromatic N) is 3. The standard InChI is InChI=1S/C21H32N4O4/c1-15(2)13-23-18(26)17-14-25-10-7-22-20(25)21(29-17)5-8-24(9-6-21)19(27)16-3-11-28-12-4-16/h7,10,15-17H,3-6,8-9,11-14H2,1-2H3,(H,23,26)/t17-/m0/s1. The Bertz CT molecular complexity index is 733. The van der Waals surface area contributed by atoms with Gasteiger partial charge in [-0.1, -0.05) is 13.8 Å². The van der Waals surface area contributed by atoms with Gasteiger partial charge in [-0.15, -0.1) is 0 Å². The molecule has 1 aromatic heterocycles. The van der Waals surface area contributed by atoms with Crippen molar-refractivity contribution in [3.05, 3.63) is 18.2 Å². The Morgan fingerprint density at radius 2 is 2.00 bits per heavy atom. The van der Waals surface area contributed by atoms with Gasteiger partial charge in [-0.2, -0.15) is 0 Å². The summed E-state index contributed by atoms with van der Waals surface area (Å²) in [4.78, 5) is 32.1. The van der Waals surface area contributed by atoms with Gasteiger partial charge >= 0.3 is 0 Å². The predicted molar refractivity (Wildman–Crippen MR) is 106 cm³/mol. The molecule has 2 saturated heterocycles. The van der Waals surface area contributed by atoms with Crippen molar-refractivity contribution < 1.29 is 19.1 Å². The molecule has 4 rings (SSSR count). The van der Waals surface area contributed by atoms with Crippen LogP contribution in [0.1, 0.15) is 45.4 Å². The van der Waals surface area contributed by atoms with Gasteiger partial charge in [-0.3, -0.25) is 9.59 Å². The Morgan fingerprint density at radius 1 is 1.28 bits per heavy atom. The molecule has 3 aliphatic rings. The van der Waals surface area contributed by atoms with Gasteiger partial charge in [0, 0.05) is 64.0 Å². The second-order valence-corrected chi connectivity index (χ2v) is 8.85. The van der Waals surface area contributed by atoms with Crippen molar-refractivity contribution in [1.29, 1.82) is 0 Å². The number of hydrogen-bond acceptors (Lipinski definition) is 5. The Kier molecular flexibility index (Phi) is 5.92. The summed E-state index contributed by atoms with van der Waals surface area (Å²) >= 11 is 0. The van der Waals surface area contributed by atoms with E-state index in [4.69, 9.17) is 9.47 Å². The SMILES string of the molecule is CC(C)CNC(=O)[C@@H]1Cn2ccnc2C2(CCN(C(=O)C3CCOCC3)CC2)O1. The summed E-state index contributed by atoms with van der Waals surface area (Å²) in [7, 11) is 0. The van der Waals surface area contributed by atoms with E-state index in [1.165, 1.54) is 0 Å². The number of piperidine rings is 1. The largest absolute Gasteiger partial charge is 0.381 e. The van der Waals surface area contributed by atoms with Crippen LogP contribution in [0.3, 0.4) is 0 Å². The first-order valence-electron chi connectivity index (χ1n) is 10.8. The summed E-state index contributed by atoms with van der Waals surface area (Å²) in [5.41, 5.74) is -0.603. The average molecular weight is 405 g/mol. The fourth-order valence-corrected chi connectivity index (χ4v) is 4.58. The van der Waals surface area contributed by atoms with Crippen molar-refractivity contribution >= 4 is 11.8 Å². The highest BCUT2D eigenvalue weighted by atomic mass is 16.5. The Hall–Kier alpha value is -1.93. The highest BCUT2D eigenvalue weighted by Crippen LogP contribution is 2.40. The molecule has 1 N–H and O–H groups in total. The van der Waals surface area contributed by atoms with E-state index in [0.717, 1.165) is 18.7 Å². The maximum Gasteiger partial charge on any atom is 0.251 e. The fraction of sp³-hybridized carbons (Fsp3) is 0.762. The van der Waals surface area contributed by atoms with E-state index in [9.17, 15) is 9.59 Å². The maximum atomic E-state index is 12.9. The van der Waals surface area contributed by atoms with Crippen LogP contribution in [0.2, 0.25) is 0 Å². The first-order valence-corrected chi connectivity index (χ1v) is 10.8. The second-order valence-electron chi connectivity index (χ2n) is 8.85. The van der Waals surface area contributed by atoms with E-state index >= 15 is 0 Å². The minimum absolute atomic E-state index is 0.0709. The van der Waals surface area contributed by atoms with Gasteiger partial charge in [0.05, 0.1) is 6.54 Å². The lowest BCUT2D eigenvalue weighted by atomic mass is 9.87. The fourth-order valence-electron chi connectivity index (χ4n) is 4.58. The third kappa shape index (κ3) is 4.19. The van der Waals surface area contributed by atoms with E-state index in [2.05, 4.69) is 24.1 Å². The number of carbonyl (C=O) groups is 2. The molecule has 2 amide bonds. The van der Waals surface area contributed by atoms with E-state index < -0.39 is 11.7 Å². The van der Waals surface area contributed by atoms with Crippen LogP contribution < -0.4 is 5.32 Å². The smallest absolute Gasteiger partial charge is 0.251 e. The summed E-state index contributed by atoms with van der Waals surface area (Å²) in [5.74, 6) is 1.50. The molecule has 0 saturated carbocycles. The Balaban J connectivity index is 1.44. The lowest BCUT2D eigenvalue weighted by Gasteiger charge is -2.46. The molecular weight excluding hydrogens is 372 g/mol. The Labute approximate surface area is 171 Å². The van der Waals surface area contributed by atoms with Crippen LogP contribution >= 0.6 is 0 Å². The number of nitrogens with one attached hydrogen (secondary N) is 1. The van der Waals surface area contributed by atoms with Gasteiger partial charge in [0.1, 0.15) is 11.4 Å². The van der Waals surface area contributed by atoms with Gasteiger partial charge in [0.2, 0.25) is 5.91 Å². The minimum atomic E-state index is -0.603. The third-order valence-corrected chi connectivity index (χ3v) is 6.28. The lowest BCUT2D eigenvalue weighted by Crippen LogP contribution is -2.55. The van der Waals surface area contributed by atoms with Crippen molar-refractivity contribution in [3.8, 4) is 0 Å². The van der Waals surface area contributed by atoms with Gasteiger partial charge in [0.25, 0.3) is 5.91 Å². The number of likely N-dealkylation sites (tertiary alicyclic amines) is 1. The first kappa shape index (κ1) is 20.3. The molecule has 0 bridgehead atoms. The van der Waals surface area contributed by atoms with E-state index in [0.29, 0.717) is 58.2 Å². The summed E-state index contributed by atoms with van der Waals surface area (Å²) < 4.78 is 13.8. The molecule has 3 aliphatic heterocycles. The van der Waals surface area contributed by atoms with E-state index in [-0.39, 0.29) is 17.7 Å². The normalized spacial score (nSPS) is 24.5. The van der Waals surface area contributed by atoms with Gasteiger partial charge in [0.15, 0.2) is 6.10 Å². The molecule has 0 aliphatic carbocycles. The van der Waals surface area contributed by atoms with Crippen LogP contribution in [-0.4, -0.2) is 65.2 Å². The van der Waals surface area contributed by atoms with Crippen LogP contribution in [0.4, 0.5) is 0 Å². The molecule has 0 radical (unpaired) electrons. The lowest BCUT2D eigenvalue weighted by molar-refractivity contribution is -0.177. The number of fused-ring (bicyclic) bond motifs is 2. The van der Waals surface area contributed by atoms with Crippen LogP contribution in [0.15, 0.2) is 12.4 Å². The van der Waals surface area contributed by atoms with Crippen LogP contribution in [0.25, 0.3) is 0 Å². The van der Waals surface area contributed by atoms with Crippen molar-refractivity contribution in [2.45, 2.75) is 57.8 Å². The zero-order chi connectivity index (χ0) is 20.4. The first-order chi connectivity index (χ1) is 14.0. The van der Waals surface area contributed by atoms with Crippen LogP contribution in [0.5, 0.6) is 0 Å². The number of rotatable bonds is 4. The summed E-state index contributed by atoms with van der Waals surface area (Å²) in [5, 5.41) is 2.99. The molecule has 0 aromatic carbocycles. The number of imidazole rings is 1. The van der Waals surface area contributed by atoms with Gasteiger partial charge in [-0.25, -0.2) is 4.98 Å². The topological polar surface area (TPSA) is 85.7 Å². The average Bonchev–Trinajstić information content (AvgIpc) is 3.22. The predicted octanol–water partition coefficient (Wildman–Crippen LogP) is 1.30. The molecule has 8 nitrogen and oxygen atoms in total. The number of hydrogen-bond donors (Lipinski definition) is 1. The van der Waals surface area contributed by atoms with Crippen LogP contribution in [-0.2, 0) is 31.2 Å². The van der Waals surface area contributed by atoms with Gasteiger partial charge in [-0.05, 0) is 18.8 Å². The van der Waals surface area contributed by atoms with Crippen LogP contribution in [0, 0.1) is 11.8 Å². The molecule has 4 heterocycles. The minimum Gasteiger partial charge on any atom is -0.381 e.